The van der Waals surface area contributed by atoms with E-state index in [4.69, 9.17) is 14.2 Å². The van der Waals surface area contributed by atoms with Gasteiger partial charge in [-0.25, -0.2) is 0 Å². The van der Waals surface area contributed by atoms with E-state index in [1.165, 1.54) is 44.3 Å². The first-order chi connectivity index (χ1) is 15.2. The summed E-state index contributed by atoms with van der Waals surface area (Å²) in [5.41, 5.74) is 1.17. The number of ether oxygens (including phenoxy) is 3. The average Bonchev–Trinajstić information content (AvgIpc) is 3.25. The molecule has 0 unspecified atom stereocenters. The van der Waals surface area contributed by atoms with Gasteiger partial charge in [0.05, 0.1) is 18.9 Å². The summed E-state index contributed by atoms with van der Waals surface area (Å²) < 4.78 is 16.4. The second-order valence-corrected chi connectivity index (χ2v) is 9.87. The van der Waals surface area contributed by atoms with Crippen LogP contribution in [0.5, 0.6) is 11.5 Å². The summed E-state index contributed by atoms with van der Waals surface area (Å²) in [6.07, 6.45) is 7.95. The van der Waals surface area contributed by atoms with Crippen LogP contribution in [0.2, 0.25) is 0 Å². The van der Waals surface area contributed by atoms with Gasteiger partial charge >= 0.3 is 0 Å². The third-order valence-electron chi connectivity index (χ3n) is 7.65. The lowest BCUT2D eigenvalue weighted by Crippen LogP contribution is -2.47. The van der Waals surface area contributed by atoms with Crippen LogP contribution < -0.4 is 14.4 Å². The molecule has 0 atom stereocenters. The summed E-state index contributed by atoms with van der Waals surface area (Å²) in [7, 11) is 0. The molecule has 0 radical (unpaired) electrons. The van der Waals surface area contributed by atoms with E-state index in [9.17, 15) is 4.79 Å². The number of benzene rings is 1. The number of nitrogens with zero attached hydrogens (tertiary/aromatic N) is 2. The first-order valence-corrected chi connectivity index (χ1v) is 12.2. The number of para-hydroxylation sites is 1. The largest absolute Gasteiger partial charge is 0.454 e. The number of anilines is 1. The molecule has 0 amide bonds. The van der Waals surface area contributed by atoms with Crippen LogP contribution in [0.25, 0.3) is 0 Å². The Labute approximate surface area is 185 Å². The van der Waals surface area contributed by atoms with Crippen molar-refractivity contribution in [2.24, 2.45) is 17.8 Å². The van der Waals surface area contributed by atoms with Crippen molar-refractivity contribution in [2.75, 3.05) is 57.6 Å². The minimum Gasteiger partial charge on any atom is -0.454 e. The Kier molecular flexibility index (Phi) is 6.65. The van der Waals surface area contributed by atoms with Gasteiger partial charge in [0.2, 0.25) is 6.79 Å². The summed E-state index contributed by atoms with van der Waals surface area (Å²) in [6, 6.07) is 6.18. The second kappa shape index (κ2) is 9.78. The van der Waals surface area contributed by atoms with Crippen molar-refractivity contribution < 1.29 is 19.0 Å². The van der Waals surface area contributed by atoms with Crippen molar-refractivity contribution in [3.63, 3.8) is 0 Å². The highest BCUT2D eigenvalue weighted by atomic mass is 16.7. The number of Topliss-reactive ketones (excluding diaryl/α,β-unsaturated/α-hetero) is 1. The third kappa shape index (κ3) is 5.17. The van der Waals surface area contributed by atoms with Crippen LogP contribution in [-0.4, -0.2) is 63.4 Å². The lowest BCUT2D eigenvalue weighted by Gasteiger charge is -2.37. The first kappa shape index (κ1) is 21.1. The van der Waals surface area contributed by atoms with Crippen molar-refractivity contribution in [3.05, 3.63) is 18.2 Å². The standard InChI is InChI=1S/C25H36N2O4/c28-22(15-21-16-29-17-21)14-20-6-4-19(5-7-20)8-9-26-10-12-27(13-11-26)23-2-1-3-24-25(23)31-18-30-24/h1-3,19-21H,4-18H2. The molecule has 3 heterocycles. The van der Waals surface area contributed by atoms with Gasteiger partial charge in [-0.2, -0.15) is 0 Å². The van der Waals surface area contributed by atoms with Crippen molar-refractivity contribution in [2.45, 2.75) is 44.9 Å². The van der Waals surface area contributed by atoms with Crippen LogP contribution in [0.15, 0.2) is 18.2 Å². The predicted molar refractivity (Wildman–Crippen MR) is 120 cm³/mol. The maximum atomic E-state index is 12.2. The number of fused-ring (bicyclic) bond motifs is 1. The molecule has 3 fully saturated rings. The fourth-order valence-electron chi connectivity index (χ4n) is 5.60. The molecule has 0 spiro atoms. The summed E-state index contributed by atoms with van der Waals surface area (Å²) in [5, 5.41) is 0. The van der Waals surface area contributed by atoms with Gasteiger partial charge in [-0.3, -0.25) is 9.69 Å². The number of piperazine rings is 1. The molecule has 1 saturated carbocycles. The van der Waals surface area contributed by atoms with Crippen LogP contribution in [-0.2, 0) is 9.53 Å². The fraction of sp³-hybridized carbons (Fsp3) is 0.720. The molecule has 1 aromatic rings. The second-order valence-electron chi connectivity index (χ2n) is 9.87. The molecule has 0 aromatic heterocycles. The maximum Gasteiger partial charge on any atom is 0.231 e. The molecule has 4 aliphatic rings. The van der Waals surface area contributed by atoms with Crippen LogP contribution >= 0.6 is 0 Å². The fourth-order valence-corrected chi connectivity index (χ4v) is 5.60. The molecule has 5 rings (SSSR count). The quantitative estimate of drug-likeness (QED) is 0.629. The van der Waals surface area contributed by atoms with Gasteiger partial charge < -0.3 is 19.1 Å². The van der Waals surface area contributed by atoms with Gasteiger partial charge in [-0.15, -0.1) is 0 Å². The number of hydrogen-bond acceptors (Lipinski definition) is 6. The highest BCUT2D eigenvalue weighted by molar-refractivity contribution is 5.79. The lowest BCUT2D eigenvalue weighted by molar-refractivity contribution is -0.125. The van der Waals surface area contributed by atoms with E-state index in [2.05, 4.69) is 21.9 Å². The Balaban J connectivity index is 0.995. The van der Waals surface area contributed by atoms with E-state index in [1.807, 2.05) is 6.07 Å². The van der Waals surface area contributed by atoms with Crippen molar-refractivity contribution in [1.29, 1.82) is 0 Å². The molecule has 0 N–H and O–H groups in total. The van der Waals surface area contributed by atoms with Crippen LogP contribution in [0, 0.1) is 17.8 Å². The smallest absolute Gasteiger partial charge is 0.231 e. The first-order valence-electron chi connectivity index (χ1n) is 12.2. The van der Waals surface area contributed by atoms with E-state index in [0.29, 0.717) is 24.4 Å². The number of carbonyl (C=O) groups excluding carboxylic acids is 1. The Morgan fingerprint density at radius 2 is 1.65 bits per heavy atom. The number of ketones is 1. The zero-order chi connectivity index (χ0) is 21.0. The van der Waals surface area contributed by atoms with Crippen molar-refractivity contribution in [1.82, 2.24) is 4.90 Å². The molecule has 2 saturated heterocycles. The van der Waals surface area contributed by atoms with Crippen LogP contribution in [0.1, 0.15) is 44.9 Å². The van der Waals surface area contributed by atoms with Crippen LogP contribution in [0.4, 0.5) is 5.69 Å². The summed E-state index contributed by atoms with van der Waals surface area (Å²) in [6.45, 7) is 7.43. The van der Waals surface area contributed by atoms with E-state index >= 15 is 0 Å². The van der Waals surface area contributed by atoms with E-state index in [1.54, 1.807) is 0 Å². The zero-order valence-corrected chi connectivity index (χ0v) is 18.6. The highest BCUT2D eigenvalue weighted by Crippen LogP contribution is 2.41. The van der Waals surface area contributed by atoms with Gasteiger partial charge in [0.15, 0.2) is 11.5 Å². The molecule has 1 aromatic carbocycles. The number of rotatable bonds is 8. The van der Waals surface area contributed by atoms with Crippen LogP contribution in [0.3, 0.4) is 0 Å². The zero-order valence-electron chi connectivity index (χ0n) is 18.6. The molecular weight excluding hydrogens is 392 g/mol. The van der Waals surface area contributed by atoms with E-state index in [0.717, 1.165) is 69.7 Å². The maximum absolute atomic E-state index is 12.2. The van der Waals surface area contributed by atoms with Crippen molar-refractivity contribution in [3.8, 4) is 11.5 Å². The average molecular weight is 429 g/mol. The molecule has 170 valence electrons. The Hall–Kier alpha value is -1.79. The van der Waals surface area contributed by atoms with Gasteiger partial charge in [0.1, 0.15) is 5.78 Å². The SMILES string of the molecule is O=C(CC1CCC(CCN2CCN(c3cccc4c3OCO4)CC2)CC1)CC1COC1. The molecule has 3 aliphatic heterocycles. The Morgan fingerprint density at radius 3 is 2.39 bits per heavy atom. The Morgan fingerprint density at radius 1 is 0.903 bits per heavy atom. The minimum absolute atomic E-state index is 0.332. The lowest BCUT2D eigenvalue weighted by atomic mass is 9.78. The van der Waals surface area contributed by atoms with Crippen molar-refractivity contribution >= 4 is 11.5 Å². The number of carbonyl (C=O) groups is 1. The normalized spacial score (nSPS) is 26.6. The molecular formula is C25H36N2O4. The highest BCUT2D eigenvalue weighted by Gasteiger charge is 2.28. The topological polar surface area (TPSA) is 51.2 Å². The summed E-state index contributed by atoms with van der Waals surface area (Å²) in [5.74, 6) is 4.23. The molecule has 1 aliphatic carbocycles. The monoisotopic (exact) mass is 428 g/mol. The molecule has 0 bridgehead atoms. The number of hydrogen-bond donors (Lipinski definition) is 0. The minimum atomic E-state index is 0.332. The summed E-state index contributed by atoms with van der Waals surface area (Å²) >= 11 is 0. The molecule has 6 nitrogen and oxygen atoms in total. The summed E-state index contributed by atoms with van der Waals surface area (Å²) in [4.78, 5) is 17.3. The van der Waals surface area contributed by atoms with Gasteiger partial charge in [0, 0.05) is 44.9 Å². The van der Waals surface area contributed by atoms with Gasteiger partial charge in [-0.05, 0) is 49.8 Å². The molecule has 6 heteroatoms. The van der Waals surface area contributed by atoms with E-state index in [-0.39, 0.29) is 0 Å². The van der Waals surface area contributed by atoms with Gasteiger partial charge in [-0.1, -0.05) is 18.9 Å². The predicted octanol–water partition coefficient (Wildman–Crippen LogP) is 3.73. The molecule has 31 heavy (non-hydrogen) atoms. The van der Waals surface area contributed by atoms with Gasteiger partial charge in [0.25, 0.3) is 0 Å². The van der Waals surface area contributed by atoms with E-state index < -0.39 is 0 Å². The third-order valence-corrected chi connectivity index (χ3v) is 7.65. The Bertz CT molecular complexity index is 750.